The highest BCUT2D eigenvalue weighted by molar-refractivity contribution is 6.06. The van der Waals surface area contributed by atoms with Crippen LogP contribution in [0, 0.1) is 10.1 Å². The van der Waals surface area contributed by atoms with Crippen LogP contribution in [0.4, 0.5) is 10.5 Å². The van der Waals surface area contributed by atoms with E-state index in [4.69, 9.17) is 9.47 Å². The fourth-order valence-electron chi connectivity index (χ4n) is 2.73. The van der Waals surface area contributed by atoms with Crippen molar-refractivity contribution < 1.29 is 24.0 Å². The van der Waals surface area contributed by atoms with E-state index in [9.17, 15) is 19.7 Å². The number of methoxy groups -OCH3 is 1. The van der Waals surface area contributed by atoms with Gasteiger partial charge in [0.2, 0.25) is 5.75 Å². The molecule has 1 fully saturated rings. The molecule has 0 heterocycles. The van der Waals surface area contributed by atoms with Gasteiger partial charge in [-0.3, -0.25) is 14.9 Å². The number of carbonyl (C=O) groups excluding carboxylic acids is 2. The molecule has 0 saturated heterocycles. The molecule has 0 spiro atoms. The summed E-state index contributed by atoms with van der Waals surface area (Å²) in [4.78, 5) is 38.0. The Kier molecular flexibility index (Phi) is 5.73. The molecule has 154 valence electrons. The molecule has 0 N–H and O–H groups in total. The number of hydrogen-bond donors (Lipinski definition) is 0. The summed E-state index contributed by atoms with van der Waals surface area (Å²) in [6.07, 6.45) is 0.591. The first-order valence-corrected chi connectivity index (χ1v) is 9.19. The third kappa shape index (κ3) is 4.79. The largest absolute Gasteiger partial charge is 0.490 e. The fourth-order valence-corrected chi connectivity index (χ4v) is 2.73. The van der Waals surface area contributed by atoms with E-state index in [2.05, 4.69) is 0 Å². The van der Waals surface area contributed by atoms with Gasteiger partial charge in [-0.15, -0.1) is 0 Å². The van der Waals surface area contributed by atoms with Crippen LogP contribution in [0.15, 0.2) is 12.1 Å². The van der Waals surface area contributed by atoms with E-state index in [-0.39, 0.29) is 23.0 Å². The molecule has 2 rings (SSSR count). The molecule has 1 aliphatic rings. The van der Waals surface area contributed by atoms with E-state index >= 15 is 0 Å². The van der Waals surface area contributed by atoms with Crippen LogP contribution in [-0.2, 0) is 10.2 Å². The smallest absolute Gasteiger partial charge is 0.417 e. The zero-order chi connectivity index (χ0) is 21.4. The van der Waals surface area contributed by atoms with E-state index in [1.165, 1.54) is 13.2 Å². The van der Waals surface area contributed by atoms with Crippen molar-refractivity contribution in [1.29, 1.82) is 0 Å². The summed E-state index contributed by atoms with van der Waals surface area (Å²) in [5.41, 5.74) is -0.933. The van der Waals surface area contributed by atoms with Gasteiger partial charge in [-0.2, -0.15) is 0 Å². The molecule has 0 bridgehead atoms. The van der Waals surface area contributed by atoms with Gasteiger partial charge in [0.15, 0.2) is 0 Å². The molecule has 0 unspecified atom stereocenters. The van der Waals surface area contributed by atoms with E-state index < -0.39 is 27.9 Å². The van der Waals surface area contributed by atoms with Crippen LogP contribution in [0.25, 0.3) is 0 Å². The number of rotatable bonds is 4. The third-order valence-electron chi connectivity index (χ3n) is 4.29. The molecule has 0 atom stereocenters. The first kappa shape index (κ1) is 21.7. The Morgan fingerprint density at radius 3 is 2.11 bits per heavy atom. The number of imide groups is 1. The van der Waals surface area contributed by atoms with E-state index in [0.717, 1.165) is 4.90 Å². The van der Waals surface area contributed by atoms with Crippen LogP contribution in [0.1, 0.15) is 70.3 Å². The van der Waals surface area contributed by atoms with E-state index in [1.54, 1.807) is 26.8 Å². The number of carbonyl (C=O) groups is 2. The molecular formula is C20H28N2O6. The topological polar surface area (TPSA) is 99.0 Å². The Morgan fingerprint density at radius 1 is 1.14 bits per heavy atom. The lowest BCUT2D eigenvalue weighted by molar-refractivity contribution is -0.385. The summed E-state index contributed by atoms with van der Waals surface area (Å²) in [7, 11) is 1.27. The molecular weight excluding hydrogens is 364 g/mol. The molecule has 1 saturated carbocycles. The summed E-state index contributed by atoms with van der Waals surface area (Å²) in [6, 6.07) is 2.70. The van der Waals surface area contributed by atoms with Crippen LogP contribution >= 0.6 is 0 Å². The SMILES string of the molecule is COc1c(C(=O)N(C(=O)OC(C)(C)C)C2CC2)cc(C(C)(C)C)cc1[N+](=O)[O-]. The zero-order valence-electron chi connectivity index (χ0n) is 17.5. The lowest BCUT2D eigenvalue weighted by Gasteiger charge is -2.27. The predicted octanol–water partition coefficient (Wildman–Crippen LogP) is 4.44. The van der Waals surface area contributed by atoms with Crippen molar-refractivity contribution in [2.24, 2.45) is 0 Å². The quantitative estimate of drug-likeness (QED) is 0.555. The first-order chi connectivity index (χ1) is 12.8. The molecule has 1 aliphatic carbocycles. The summed E-state index contributed by atoms with van der Waals surface area (Å²) >= 11 is 0. The standard InChI is InChI=1S/C20H28N2O6/c1-19(2,3)12-10-14(16(27-7)15(11-12)22(25)26)17(23)21(13-8-9-13)18(24)28-20(4,5)6/h10-11,13H,8-9H2,1-7H3. The summed E-state index contributed by atoms with van der Waals surface area (Å²) in [5.74, 6) is -0.806. The van der Waals surface area contributed by atoms with Gasteiger partial charge < -0.3 is 9.47 Å². The second kappa shape index (κ2) is 7.41. The summed E-state index contributed by atoms with van der Waals surface area (Å²) in [6.45, 7) is 10.8. The monoisotopic (exact) mass is 392 g/mol. The second-order valence-electron chi connectivity index (χ2n) is 8.97. The van der Waals surface area contributed by atoms with Crippen molar-refractivity contribution in [2.45, 2.75) is 71.4 Å². The maximum Gasteiger partial charge on any atom is 0.417 e. The van der Waals surface area contributed by atoms with Gasteiger partial charge in [0, 0.05) is 12.1 Å². The number of amides is 2. The van der Waals surface area contributed by atoms with Crippen LogP contribution < -0.4 is 4.74 Å². The number of ether oxygens (including phenoxy) is 2. The predicted molar refractivity (Wildman–Crippen MR) is 104 cm³/mol. The number of nitrogens with zero attached hydrogens (tertiary/aromatic N) is 2. The van der Waals surface area contributed by atoms with Gasteiger partial charge >= 0.3 is 11.8 Å². The molecule has 2 amide bonds. The van der Waals surface area contributed by atoms with Crippen LogP contribution in [0.5, 0.6) is 5.75 Å². The average Bonchev–Trinajstić information content (AvgIpc) is 3.35. The van der Waals surface area contributed by atoms with Crippen LogP contribution in [0.3, 0.4) is 0 Å². The van der Waals surface area contributed by atoms with Gasteiger partial charge in [0.05, 0.1) is 17.6 Å². The molecule has 0 aromatic heterocycles. The van der Waals surface area contributed by atoms with Crippen molar-refractivity contribution in [3.8, 4) is 5.75 Å². The highest BCUT2D eigenvalue weighted by Crippen LogP contribution is 2.39. The van der Waals surface area contributed by atoms with Gasteiger partial charge in [0.1, 0.15) is 5.60 Å². The van der Waals surface area contributed by atoms with Crippen molar-refractivity contribution in [3.05, 3.63) is 33.4 Å². The van der Waals surface area contributed by atoms with Crippen LogP contribution in [0.2, 0.25) is 0 Å². The Bertz CT molecular complexity index is 800. The second-order valence-corrected chi connectivity index (χ2v) is 8.97. The van der Waals surface area contributed by atoms with Crippen LogP contribution in [-0.4, -0.2) is 40.6 Å². The van der Waals surface area contributed by atoms with Crippen molar-refractivity contribution in [1.82, 2.24) is 4.90 Å². The average molecular weight is 392 g/mol. The molecule has 28 heavy (non-hydrogen) atoms. The van der Waals surface area contributed by atoms with Crippen molar-refractivity contribution in [3.63, 3.8) is 0 Å². The Labute approximate surface area is 164 Å². The molecule has 8 nitrogen and oxygen atoms in total. The van der Waals surface area contributed by atoms with Crippen molar-refractivity contribution >= 4 is 17.7 Å². The molecule has 0 radical (unpaired) electrons. The number of nitro groups is 1. The van der Waals surface area contributed by atoms with Gasteiger partial charge in [0.25, 0.3) is 5.91 Å². The normalized spacial score (nSPS) is 14.4. The Hall–Kier alpha value is -2.64. The third-order valence-corrected chi connectivity index (χ3v) is 4.29. The number of nitro benzene ring substituents is 1. The molecule has 1 aromatic carbocycles. The lowest BCUT2D eigenvalue weighted by atomic mass is 9.85. The van der Waals surface area contributed by atoms with Gasteiger partial charge in [-0.05, 0) is 50.7 Å². The molecule has 0 aliphatic heterocycles. The minimum Gasteiger partial charge on any atom is -0.490 e. The number of benzene rings is 1. The molecule has 1 aromatic rings. The highest BCUT2D eigenvalue weighted by Gasteiger charge is 2.42. The maximum atomic E-state index is 13.3. The minimum atomic E-state index is -0.770. The van der Waals surface area contributed by atoms with E-state index in [0.29, 0.717) is 18.4 Å². The first-order valence-electron chi connectivity index (χ1n) is 9.19. The Morgan fingerprint density at radius 2 is 1.71 bits per heavy atom. The fraction of sp³-hybridized carbons (Fsp3) is 0.600. The Balaban J connectivity index is 2.59. The lowest BCUT2D eigenvalue weighted by Crippen LogP contribution is -2.42. The summed E-state index contributed by atoms with van der Waals surface area (Å²) < 4.78 is 10.6. The maximum absolute atomic E-state index is 13.3. The van der Waals surface area contributed by atoms with Crippen molar-refractivity contribution in [2.75, 3.05) is 7.11 Å². The highest BCUT2D eigenvalue weighted by atomic mass is 16.6. The minimum absolute atomic E-state index is 0.0145. The summed E-state index contributed by atoms with van der Waals surface area (Å²) in [5, 5.41) is 11.6. The van der Waals surface area contributed by atoms with Gasteiger partial charge in [-0.25, -0.2) is 9.69 Å². The number of hydrogen-bond acceptors (Lipinski definition) is 6. The zero-order valence-corrected chi connectivity index (χ0v) is 17.5. The van der Waals surface area contributed by atoms with E-state index in [1.807, 2.05) is 20.8 Å². The molecule has 8 heteroatoms. The van der Waals surface area contributed by atoms with Gasteiger partial charge in [-0.1, -0.05) is 20.8 Å².